The highest BCUT2D eigenvalue weighted by Gasteiger charge is 2.38. The maximum Gasteiger partial charge on any atom is 0.302 e. The van der Waals surface area contributed by atoms with Gasteiger partial charge < -0.3 is 5.32 Å². The number of alkyl halides is 2. The van der Waals surface area contributed by atoms with Crippen molar-refractivity contribution in [1.82, 2.24) is 15.3 Å². The van der Waals surface area contributed by atoms with Crippen molar-refractivity contribution in [1.29, 1.82) is 0 Å². The lowest BCUT2D eigenvalue weighted by Crippen LogP contribution is -2.37. The van der Waals surface area contributed by atoms with Crippen LogP contribution in [-0.2, 0) is 12.5 Å². The third-order valence-electron chi connectivity index (χ3n) is 1.84. The normalized spacial score (nSPS) is 19.6. The van der Waals surface area contributed by atoms with E-state index in [4.69, 9.17) is 11.6 Å². The second-order valence-corrected chi connectivity index (χ2v) is 3.16. The van der Waals surface area contributed by atoms with Crippen LogP contribution < -0.4 is 5.32 Å². The Morgan fingerprint density at radius 1 is 1.54 bits per heavy atom. The standard InChI is InChI=1S/C7H6ClF2N3/c8-6-12-2-4-1-11-3-7(9,10)5(4)13-6/h2,11H,1,3H2. The molecule has 0 amide bonds. The van der Waals surface area contributed by atoms with Crippen molar-refractivity contribution in [2.24, 2.45) is 0 Å². The molecule has 6 heteroatoms. The van der Waals surface area contributed by atoms with Crippen molar-refractivity contribution in [3.63, 3.8) is 0 Å². The van der Waals surface area contributed by atoms with Gasteiger partial charge in [-0.15, -0.1) is 0 Å². The van der Waals surface area contributed by atoms with Crippen LogP contribution >= 0.6 is 11.6 Å². The van der Waals surface area contributed by atoms with E-state index < -0.39 is 12.5 Å². The van der Waals surface area contributed by atoms with Crippen LogP contribution in [0.3, 0.4) is 0 Å². The summed E-state index contributed by atoms with van der Waals surface area (Å²) in [6.45, 7) is -0.0323. The second kappa shape index (κ2) is 2.85. The average molecular weight is 206 g/mol. The van der Waals surface area contributed by atoms with Crippen LogP contribution in [-0.4, -0.2) is 16.5 Å². The van der Waals surface area contributed by atoms with Crippen molar-refractivity contribution in [2.45, 2.75) is 12.5 Å². The molecule has 1 N–H and O–H groups in total. The van der Waals surface area contributed by atoms with Gasteiger partial charge in [-0.3, -0.25) is 0 Å². The van der Waals surface area contributed by atoms with Gasteiger partial charge in [0.05, 0.1) is 6.54 Å². The number of nitrogens with zero attached hydrogens (tertiary/aromatic N) is 2. The summed E-state index contributed by atoms with van der Waals surface area (Å²) in [5, 5.41) is 2.44. The number of hydrogen-bond donors (Lipinski definition) is 1. The van der Waals surface area contributed by atoms with Gasteiger partial charge >= 0.3 is 5.92 Å². The number of hydrogen-bond acceptors (Lipinski definition) is 3. The zero-order chi connectivity index (χ0) is 9.47. The molecule has 0 fully saturated rings. The van der Waals surface area contributed by atoms with Crippen LogP contribution in [0.4, 0.5) is 8.78 Å². The molecule has 70 valence electrons. The third-order valence-corrected chi connectivity index (χ3v) is 2.03. The molecule has 2 heterocycles. The fourth-order valence-electron chi connectivity index (χ4n) is 1.27. The van der Waals surface area contributed by atoms with E-state index in [9.17, 15) is 8.78 Å². The lowest BCUT2D eigenvalue weighted by molar-refractivity contribution is -0.0156. The highest BCUT2D eigenvalue weighted by Crippen LogP contribution is 2.31. The third kappa shape index (κ3) is 1.49. The Balaban J connectivity index is 2.55. The van der Waals surface area contributed by atoms with Crippen molar-refractivity contribution in [3.8, 4) is 0 Å². The summed E-state index contributed by atoms with van der Waals surface area (Å²) in [6, 6.07) is 0. The molecule has 0 saturated heterocycles. The van der Waals surface area contributed by atoms with Crippen LogP contribution in [0.15, 0.2) is 6.20 Å². The maximum atomic E-state index is 13.2. The van der Waals surface area contributed by atoms with Crippen LogP contribution in [0.25, 0.3) is 0 Å². The van der Waals surface area contributed by atoms with Crippen molar-refractivity contribution >= 4 is 11.6 Å². The Bertz CT molecular complexity index is 343. The Kier molecular flexibility index (Phi) is 1.92. The van der Waals surface area contributed by atoms with Gasteiger partial charge in [-0.25, -0.2) is 9.97 Å². The van der Waals surface area contributed by atoms with Gasteiger partial charge in [0, 0.05) is 18.3 Å². The molecule has 2 rings (SSSR count). The predicted molar refractivity (Wildman–Crippen MR) is 42.6 cm³/mol. The minimum atomic E-state index is -2.94. The van der Waals surface area contributed by atoms with Gasteiger partial charge in [-0.05, 0) is 11.6 Å². The molecule has 0 spiro atoms. The summed E-state index contributed by atoms with van der Waals surface area (Å²) in [4.78, 5) is 7.17. The van der Waals surface area contributed by atoms with Gasteiger partial charge in [0.15, 0.2) is 0 Å². The zero-order valence-electron chi connectivity index (χ0n) is 6.52. The predicted octanol–water partition coefficient (Wildman–Crippen LogP) is 1.32. The lowest BCUT2D eigenvalue weighted by Gasteiger charge is -2.24. The number of fused-ring (bicyclic) bond motifs is 1. The molecule has 1 aromatic rings. The SMILES string of the molecule is FC1(F)CNCc2cnc(Cl)nc21. The van der Waals surface area contributed by atoms with E-state index in [2.05, 4.69) is 15.3 Å². The van der Waals surface area contributed by atoms with Crippen molar-refractivity contribution in [3.05, 3.63) is 22.7 Å². The van der Waals surface area contributed by atoms with E-state index in [1.165, 1.54) is 6.20 Å². The van der Waals surface area contributed by atoms with Crippen LogP contribution in [0.1, 0.15) is 11.3 Å². The molecule has 1 aliphatic heterocycles. The fourth-order valence-corrected chi connectivity index (χ4v) is 1.40. The van der Waals surface area contributed by atoms with Crippen molar-refractivity contribution in [2.75, 3.05) is 6.54 Å². The molecule has 0 unspecified atom stereocenters. The summed E-state index contributed by atoms with van der Waals surface area (Å²) in [6.07, 6.45) is 1.32. The first kappa shape index (κ1) is 8.77. The van der Waals surface area contributed by atoms with E-state index in [1.54, 1.807) is 0 Å². The van der Waals surface area contributed by atoms with Gasteiger partial charge in [0.2, 0.25) is 5.28 Å². The van der Waals surface area contributed by atoms with Crippen molar-refractivity contribution < 1.29 is 8.78 Å². The summed E-state index contributed by atoms with van der Waals surface area (Å²) in [5.74, 6) is -2.94. The number of aromatic nitrogens is 2. The first-order valence-corrected chi connectivity index (χ1v) is 4.08. The molecule has 0 radical (unpaired) electrons. The summed E-state index contributed by atoms with van der Waals surface area (Å²) >= 11 is 5.43. The lowest BCUT2D eigenvalue weighted by atomic mass is 10.1. The van der Waals surface area contributed by atoms with Gasteiger partial charge in [-0.1, -0.05) is 0 Å². The summed E-state index contributed by atoms with van der Waals surface area (Å²) in [7, 11) is 0. The van der Waals surface area contributed by atoms with E-state index in [-0.39, 0.29) is 11.0 Å². The van der Waals surface area contributed by atoms with Gasteiger partial charge in [0.1, 0.15) is 5.69 Å². The number of rotatable bonds is 0. The summed E-state index contributed by atoms with van der Waals surface area (Å²) in [5.41, 5.74) is 0.145. The van der Waals surface area contributed by atoms with E-state index >= 15 is 0 Å². The number of halogens is 3. The van der Waals surface area contributed by atoms with E-state index in [1.807, 2.05) is 0 Å². The molecule has 0 saturated carbocycles. The minimum absolute atomic E-state index is 0.139. The minimum Gasteiger partial charge on any atom is -0.307 e. The average Bonchev–Trinajstić information content (AvgIpc) is 2.06. The van der Waals surface area contributed by atoms with E-state index in [0.29, 0.717) is 12.1 Å². The molecular formula is C7H6ClF2N3. The quantitative estimate of drug-likeness (QED) is 0.650. The first-order chi connectivity index (χ1) is 6.09. The maximum absolute atomic E-state index is 13.2. The Hall–Kier alpha value is -0.810. The summed E-state index contributed by atoms with van der Waals surface area (Å²) < 4.78 is 26.3. The Morgan fingerprint density at radius 3 is 3.08 bits per heavy atom. The van der Waals surface area contributed by atoms with E-state index in [0.717, 1.165) is 0 Å². The molecule has 0 bridgehead atoms. The molecule has 3 nitrogen and oxygen atoms in total. The Labute approximate surface area is 78.1 Å². The zero-order valence-corrected chi connectivity index (χ0v) is 7.28. The van der Waals surface area contributed by atoms with Crippen LogP contribution in [0, 0.1) is 0 Å². The Morgan fingerprint density at radius 2 is 2.31 bits per heavy atom. The highest BCUT2D eigenvalue weighted by atomic mass is 35.5. The van der Waals surface area contributed by atoms with Gasteiger partial charge in [0.25, 0.3) is 0 Å². The van der Waals surface area contributed by atoms with Crippen LogP contribution in [0.5, 0.6) is 0 Å². The van der Waals surface area contributed by atoms with Crippen LogP contribution in [0.2, 0.25) is 5.28 Å². The first-order valence-electron chi connectivity index (χ1n) is 3.70. The highest BCUT2D eigenvalue weighted by molar-refractivity contribution is 6.28. The molecular weight excluding hydrogens is 200 g/mol. The molecule has 1 aromatic heterocycles. The fraction of sp³-hybridized carbons (Fsp3) is 0.429. The monoisotopic (exact) mass is 205 g/mol. The topological polar surface area (TPSA) is 37.8 Å². The molecule has 13 heavy (non-hydrogen) atoms. The molecule has 0 aliphatic carbocycles. The smallest absolute Gasteiger partial charge is 0.302 e. The molecule has 1 aliphatic rings. The molecule has 0 aromatic carbocycles. The largest absolute Gasteiger partial charge is 0.307 e. The second-order valence-electron chi connectivity index (χ2n) is 2.82. The molecule has 0 atom stereocenters. The van der Waals surface area contributed by atoms with Gasteiger partial charge in [-0.2, -0.15) is 8.78 Å². The number of nitrogens with one attached hydrogen (secondary N) is 1.